The molecule has 5 rings (SSSR count). The van der Waals surface area contributed by atoms with Crippen LogP contribution in [0.25, 0.3) is 26.1 Å². The van der Waals surface area contributed by atoms with Gasteiger partial charge in [-0.2, -0.15) is 0 Å². The zero-order chi connectivity index (χ0) is 19.0. The smallest absolute Gasteiger partial charge is 0.399 e. The van der Waals surface area contributed by atoms with E-state index in [1.807, 2.05) is 70.2 Å². The van der Waals surface area contributed by atoms with Gasteiger partial charge in [-0.15, -0.1) is 0 Å². The molecule has 2 aromatic carbocycles. The summed E-state index contributed by atoms with van der Waals surface area (Å²) in [6, 6.07) is 13.5. The summed E-state index contributed by atoms with van der Waals surface area (Å²) < 4.78 is 15.0. The van der Waals surface area contributed by atoms with Crippen LogP contribution < -0.4 is 11.0 Å². The molecule has 7 heteroatoms. The average molecular weight is 378 g/mol. The minimum Gasteiger partial charge on any atom is -0.399 e. The first kappa shape index (κ1) is 16.9. The van der Waals surface area contributed by atoms with E-state index in [1.165, 1.54) is 11.3 Å². The van der Waals surface area contributed by atoms with E-state index in [1.54, 1.807) is 4.40 Å². The molecule has 1 fully saturated rings. The molecule has 2 aromatic heterocycles. The average Bonchev–Trinajstić information content (AvgIpc) is 3.08. The fourth-order valence-corrected chi connectivity index (χ4v) is 4.44. The molecule has 0 saturated carbocycles. The fraction of sp³-hybridized carbons (Fsp3) is 0.300. The van der Waals surface area contributed by atoms with Crippen LogP contribution in [0.2, 0.25) is 0 Å². The second-order valence-electron chi connectivity index (χ2n) is 7.97. The number of fused-ring (bicyclic) bond motifs is 4. The molecule has 136 valence electrons. The Bertz CT molecular complexity index is 1260. The Morgan fingerprint density at radius 1 is 1.04 bits per heavy atom. The van der Waals surface area contributed by atoms with Gasteiger partial charge in [0.1, 0.15) is 0 Å². The highest BCUT2D eigenvalue weighted by molar-refractivity contribution is 7.23. The van der Waals surface area contributed by atoms with Crippen molar-refractivity contribution in [1.29, 1.82) is 0 Å². The summed E-state index contributed by atoms with van der Waals surface area (Å²) in [4.78, 5) is 18.4. The highest BCUT2D eigenvalue weighted by atomic mass is 32.1. The highest BCUT2D eigenvalue weighted by Crippen LogP contribution is 2.36. The van der Waals surface area contributed by atoms with E-state index in [2.05, 4.69) is 4.98 Å². The van der Waals surface area contributed by atoms with Crippen LogP contribution in [0.1, 0.15) is 27.7 Å². The first-order valence-corrected chi connectivity index (χ1v) is 9.78. The molecule has 0 aliphatic carbocycles. The van der Waals surface area contributed by atoms with Crippen LogP contribution in [-0.2, 0) is 9.31 Å². The molecule has 0 spiro atoms. The molecular formula is C20H19BN2O3S. The minimum atomic E-state index is -0.468. The molecule has 3 heterocycles. The van der Waals surface area contributed by atoms with Gasteiger partial charge < -0.3 is 9.31 Å². The molecule has 0 radical (unpaired) electrons. The number of imidazole rings is 1. The third-order valence-corrected chi connectivity index (χ3v) is 6.73. The minimum absolute atomic E-state index is 0.0482. The number of rotatable bonds is 1. The predicted molar refractivity (Wildman–Crippen MR) is 110 cm³/mol. The Morgan fingerprint density at radius 2 is 1.74 bits per heavy atom. The summed E-state index contributed by atoms with van der Waals surface area (Å²) in [6.45, 7) is 8.12. The number of hydrogen-bond donors (Lipinski definition) is 0. The summed E-state index contributed by atoms with van der Waals surface area (Å²) in [5.41, 5.74) is 1.60. The van der Waals surface area contributed by atoms with Crippen molar-refractivity contribution < 1.29 is 9.31 Å². The molecule has 1 aliphatic rings. The van der Waals surface area contributed by atoms with Crippen molar-refractivity contribution in [3.63, 3.8) is 0 Å². The Morgan fingerprint density at radius 3 is 2.48 bits per heavy atom. The van der Waals surface area contributed by atoms with Crippen LogP contribution in [0.5, 0.6) is 0 Å². The van der Waals surface area contributed by atoms with E-state index in [0.29, 0.717) is 10.3 Å². The van der Waals surface area contributed by atoms with Crippen molar-refractivity contribution in [2.75, 3.05) is 0 Å². The number of hydrogen-bond acceptors (Lipinski definition) is 5. The molecule has 1 aliphatic heterocycles. The van der Waals surface area contributed by atoms with Crippen molar-refractivity contribution in [3.05, 3.63) is 52.8 Å². The van der Waals surface area contributed by atoms with Gasteiger partial charge in [0.2, 0.25) is 0 Å². The zero-order valence-electron chi connectivity index (χ0n) is 15.6. The first-order chi connectivity index (χ1) is 12.8. The van der Waals surface area contributed by atoms with Crippen LogP contribution in [-0.4, -0.2) is 27.7 Å². The van der Waals surface area contributed by atoms with Gasteiger partial charge in [0.05, 0.1) is 27.6 Å². The Balaban J connectivity index is 1.73. The summed E-state index contributed by atoms with van der Waals surface area (Å²) in [5.74, 6) is 0. The van der Waals surface area contributed by atoms with Crippen molar-refractivity contribution in [1.82, 2.24) is 9.38 Å². The molecule has 5 nitrogen and oxygen atoms in total. The van der Waals surface area contributed by atoms with Crippen LogP contribution in [0.15, 0.2) is 47.3 Å². The van der Waals surface area contributed by atoms with Crippen molar-refractivity contribution in [2.24, 2.45) is 0 Å². The van der Waals surface area contributed by atoms with Gasteiger partial charge >= 0.3 is 7.12 Å². The normalized spacial score (nSPS) is 18.7. The summed E-state index contributed by atoms with van der Waals surface area (Å²) in [6.07, 6.45) is 0. The highest BCUT2D eigenvalue weighted by Gasteiger charge is 2.51. The Kier molecular flexibility index (Phi) is 3.39. The lowest BCUT2D eigenvalue weighted by molar-refractivity contribution is 0.00578. The molecule has 0 amide bonds. The van der Waals surface area contributed by atoms with Gasteiger partial charge in [-0.25, -0.2) is 9.38 Å². The summed E-state index contributed by atoms with van der Waals surface area (Å²) in [5, 5.41) is 0.704. The van der Waals surface area contributed by atoms with E-state index >= 15 is 0 Å². The number of benzene rings is 2. The van der Waals surface area contributed by atoms with Crippen LogP contribution in [0.3, 0.4) is 0 Å². The Labute approximate surface area is 160 Å². The standard InChI is InChI=1S/C20H19BN2O3S/c1-19(2)20(3,4)26-21(25-19)12-9-10-14-15(11-12)23-17(24)13-7-5-6-8-16(13)27-18(23)22-14/h5-11H,1-4H3. The largest absolute Gasteiger partial charge is 0.494 e. The fourth-order valence-electron chi connectivity index (χ4n) is 3.41. The van der Waals surface area contributed by atoms with Crippen molar-refractivity contribution >= 4 is 50.0 Å². The van der Waals surface area contributed by atoms with E-state index in [4.69, 9.17) is 9.31 Å². The van der Waals surface area contributed by atoms with E-state index in [0.717, 1.165) is 21.2 Å². The van der Waals surface area contributed by atoms with Gasteiger partial charge in [-0.05, 0) is 57.4 Å². The van der Waals surface area contributed by atoms with Crippen LogP contribution >= 0.6 is 11.3 Å². The first-order valence-electron chi connectivity index (χ1n) is 8.96. The zero-order valence-corrected chi connectivity index (χ0v) is 16.5. The number of aromatic nitrogens is 2. The molecule has 1 saturated heterocycles. The van der Waals surface area contributed by atoms with Gasteiger partial charge in [-0.3, -0.25) is 4.79 Å². The second-order valence-corrected chi connectivity index (χ2v) is 8.98. The van der Waals surface area contributed by atoms with Crippen LogP contribution in [0, 0.1) is 0 Å². The maximum Gasteiger partial charge on any atom is 0.494 e. The van der Waals surface area contributed by atoms with E-state index in [-0.39, 0.29) is 5.56 Å². The quantitative estimate of drug-likeness (QED) is 0.477. The summed E-state index contributed by atoms with van der Waals surface area (Å²) in [7, 11) is -0.468. The maximum absolute atomic E-state index is 13.1. The maximum atomic E-state index is 13.1. The van der Waals surface area contributed by atoms with Gasteiger partial charge in [-0.1, -0.05) is 29.5 Å². The lowest BCUT2D eigenvalue weighted by atomic mass is 9.79. The molecular weight excluding hydrogens is 359 g/mol. The van der Waals surface area contributed by atoms with Crippen molar-refractivity contribution in [3.8, 4) is 0 Å². The van der Waals surface area contributed by atoms with Gasteiger partial charge in [0.25, 0.3) is 5.56 Å². The molecule has 4 aromatic rings. The SMILES string of the molecule is CC1(C)OB(c2ccc3nc4sc5ccccc5c(=O)n4c3c2)OC1(C)C. The lowest BCUT2D eigenvalue weighted by Gasteiger charge is -2.32. The second kappa shape index (κ2) is 5.41. The molecule has 0 N–H and O–H groups in total. The molecule has 0 unspecified atom stereocenters. The Hall–Kier alpha value is -2.22. The van der Waals surface area contributed by atoms with Gasteiger partial charge in [0, 0.05) is 4.70 Å². The lowest BCUT2D eigenvalue weighted by Crippen LogP contribution is -2.41. The topological polar surface area (TPSA) is 52.8 Å². The van der Waals surface area contributed by atoms with Crippen LogP contribution in [0.4, 0.5) is 0 Å². The third-order valence-electron chi connectivity index (χ3n) is 5.69. The monoisotopic (exact) mass is 378 g/mol. The van der Waals surface area contributed by atoms with E-state index < -0.39 is 18.3 Å². The molecule has 0 atom stereocenters. The number of nitrogens with zero attached hydrogens (tertiary/aromatic N) is 2. The van der Waals surface area contributed by atoms with E-state index in [9.17, 15) is 4.79 Å². The predicted octanol–water partition coefficient (Wildman–Crippen LogP) is 3.36. The van der Waals surface area contributed by atoms with Crippen molar-refractivity contribution in [2.45, 2.75) is 38.9 Å². The molecule has 0 bridgehead atoms. The molecule has 27 heavy (non-hydrogen) atoms. The van der Waals surface area contributed by atoms with Gasteiger partial charge in [0.15, 0.2) is 4.96 Å². The summed E-state index contributed by atoms with van der Waals surface area (Å²) >= 11 is 1.52. The third kappa shape index (κ3) is 2.39.